The molecule has 2 N–H and O–H groups in total. The molecule has 0 bridgehead atoms. The van der Waals surface area contributed by atoms with Gasteiger partial charge in [-0.1, -0.05) is 0 Å². The Kier molecular flexibility index (Phi) is 5.16. The second-order valence-electron chi connectivity index (χ2n) is 6.80. The molecule has 1 amide bonds. The Morgan fingerprint density at radius 1 is 1.17 bits per heavy atom. The summed E-state index contributed by atoms with van der Waals surface area (Å²) in [4.78, 5) is 37.6. The SMILES string of the molecule is O=C(CN1CCN(c2ccc(C(F)(F)F)cn2)CC1)Nc1cnc2[nH]c(=O)oc2c1. The predicted molar refractivity (Wildman–Crippen MR) is 101 cm³/mol. The van der Waals surface area contributed by atoms with Crippen LogP contribution < -0.4 is 16.0 Å². The van der Waals surface area contributed by atoms with Crippen molar-refractivity contribution in [1.29, 1.82) is 0 Å². The average Bonchev–Trinajstić information content (AvgIpc) is 3.07. The van der Waals surface area contributed by atoms with Gasteiger partial charge in [-0.15, -0.1) is 0 Å². The van der Waals surface area contributed by atoms with Crippen molar-refractivity contribution in [2.24, 2.45) is 0 Å². The lowest BCUT2D eigenvalue weighted by molar-refractivity contribution is -0.137. The van der Waals surface area contributed by atoms with E-state index in [9.17, 15) is 22.8 Å². The number of halogens is 3. The summed E-state index contributed by atoms with van der Waals surface area (Å²) in [6.07, 6.45) is -2.17. The molecule has 1 saturated heterocycles. The molecular weight excluding hydrogens is 405 g/mol. The topological polar surface area (TPSA) is 107 Å². The van der Waals surface area contributed by atoms with Crippen LogP contribution in [-0.2, 0) is 11.0 Å². The number of nitrogens with one attached hydrogen (secondary N) is 2. The van der Waals surface area contributed by atoms with Gasteiger partial charge in [-0.3, -0.25) is 14.7 Å². The summed E-state index contributed by atoms with van der Waals surface area (Å²) in [6, 6.07) is 3.87. The van der Waals surface area contributed by atoms with Crippen LogP contribution in [0, 0.1) is 0 Å². The van der Waals surface area contributed by atoms with Gasteiger partial charge in [-0.05, 0) is 12.1 Å². The van der Waals surface area contributed by atoms with E-state index in [1.807, 2.05) is 9.80 Å². The van der Waals surface area contributed by atoms with Gasteiger partial charge in [0.1, 0.15) is 5.82 Å². The monoisotopic (exact) mass is 422 g/mol. The van der Waals surface area contributed by atoms with E-state index in [4.69, 9.17) is 4.42 Å². The van der Waals surface area contributed by atoms with Gasteiger partial charge < -0.3 is 14.6 Å². The Morgan fingerprint density at radius 2 is 1.93 bits per heavy atom. The number of aromatic amines is 1. The molecule has 0 unspecified atom stereocenters. The number of carbonyl (C=O) groups is 1. The van der Waals surface area contributed by atoms with Gasteiger partial charge in [-0.25, -0.2) is 14.8 Å². The van der Waals surface area contributed by atoms with E-state index in [2.05, 4.69) is 20.3 Å². The number of hydrogen-bond donors (Lipinski definition) is 2. The maximum atomic E-state index is 12.6. The lowest BCUT2D eigenvalue weighted by Crippen LogP contribution is -2.48. The van der Waals surface area contributed by atoms with Crippen molar-refractivity contribution in [3.8, 4) is 0 Å². The number of carbonyl (C=O) groups excluding carboxylic acids is 1. The van der Waals surface area contributed by atoms with Crippen molar-refractivity contribution in [3.05, 3.63) is 46.7 Å². The number of oxazole rings is 1. The molecule has 0 aliphatic carbocycles. The molecule has 1 fully saturated rings. The summed E-state index contributed by atoms with van der Waals surface area (Å²) in [5.41, 5.74) is 0.164. The molecule has 3 aromatic rings. The van der Waals surface area contributed by atoms with E-state index in [1.54, 1.807) is 0 Å². The zero-order chi connectivity index (χ0) is 21.3. The first kappa shape index (κ1) is 19.9. The Balaban J connectivity index is 1.29. The van der Waals surface area contributed by atoms with Crippen molar-refractivity contribution in [2.45, 2.75) is 6.18 Å². The average molecular weight is 422 g/mol. The van der Waals surface area contributed by atoms with E-state index in [1.165, 1.54) is 18.3 Å². The van der Waals surface area contributed by atoms with Crippen LogP contribution in [-0.4, -0.2) is 58.5 Å². The zero-order valence-corrected chi connectivity index (χ0v) is 15.6. The standard InChI is InChI=1S/C18H17F3N6O3/c19-18(20,21)11-1-2-14(22-8-11)27-5-3-26(4-6-27)10-15(28)24-12-7-13-16(23-9-12)25-17(29)30-13/h1-2,7-9H,3-6,10H2,(H,24,28)(H,23,25,29). The molecule has 0 atom stereocenters. The quantitative estimate of drug-likeness (QED) is 0.659. The van der Waals surface area contributed by atoms with Crippen LogP contribution in [0.2, 0.25) is 0 Å². The molecule has 0 radical (unpaired) electrons. The number of alkyl halides is 3. The first-order valence-corrected chi connectivity index (χ1v) is 9.07. The van der Waals surface area contributed by atoms with Crippen molar-refractivity contribution in [3.63, 3.8) is 0 Å². The summed E-state index contributed by atoms with van der Waals surface area (Å²) >= 11 is 0. The zero-order valence-electron chi connectivity index (χ0n) is 15.6. The van der Waals surface area contributed by atoms with Crippen LogP contribution in [0.15, 0.2) is 39.8 Å². The van der Waals surface area contributed by atoms with E-state index in [0.29, 0.717) is 43.3 Å². The summed E-state index contributed by atoms with van der Waals surface area (Å²) in [6.45, 7) is 2.32. The van der Waals surface area contributed by atoms with Crippen molar-refractivity contribution in [2.75, 3.05) is 42.9 Å². The third-order valence-corrected chi connectivity index (χ3v) is 4.70. The van der Waals surface area contributed by atoms with Gasteiger partial charge in [0.2, 0.25) is 5.91 Å². The lowest BCUT2D eigenvalue weighted by Gasteiger charge is -2.35. The van der Waals surface area contributed by atoms with Crippen LogP contribution in [0.3, 0.4) is 0 Å². The summed E-state index contributed by atoms with van der Waals surface area (Å²) in [7, 11) is 0. The number of pyridine rings is 2. The second kappa shape index (κ2) is 7.78. The Labute approximate surface area is 167 Å². The highest BCUT2D eigenvalue weighted by atomic mass is 19.4. The highest BCUT2D eigenvalue weighted by Crippen LogP contribution is 2.29. The van der Waals surface area contributed by atoms with Gasteiger partial charge in [0.25, 0.3) is 0 Å². The molecule has 0 saturated carbocycles. The van der Waals surface area contributed by atoms with Crippen LogP contribution >= 0.6 is 0 Å². The first-order valence-electron chi connectivity index (χ1n) is 9.07. The minimum atomic E-state index is -4.41. The highest BCUT2D eigenvalue weighted by molar-refractivity contribution is 5.93. The summed E-state index contributed by atoms with van der Waals surface area (Å²) < 4.78 is 42.8. The first-order chi connectivity index (χ1) is 14.3. The maximum absolute atomic E-state index is 12.6. The van der Waals surface area contributed by atoms with Crippen molar-refractivity contribution >= 4 is 28.6 Å². The number of piperazine rings is 1. The van der Waals surface area contributed by atoms with Gasteiger partial charge >= 0.3 is 11.9 Å². The largest absolute Gasteiger partial charge is 0.418 e. The third kappa shape index (κ3) is 4.43. The molecule has 1 aliphatic heterocycles. The molecule has 9 nitrogen and oxygen atoms in total. The summed E-state index contributed by atoms with van der Waals surface area (Å²) in [5.74, 6) is -0.406. The smallest absolute Gasteiger partial charge is 0.406 e. The Morgan fingerprint density at radius 3 is 2.60 bits per heavy atom. The Bertz CT molecular complexity index is 1100. The van der Waals surface area contributed by atoms with E-state index < -0.39 is 17.5 Å². The number of H-pyrrole nitrogens is 1. The summed E-state index contributed by atoms with van der Waals surface area (Å²) in [5, 5.41) is 2.70. The molecule has 12 heteroatoms. The molecule has 0 aromatic carbocycles. The van der Waals surface area contributed by atoms with E-state index in [0.717, 1.165) is 12.3 Å². The number of aromatic nitrogens is 3. The van der Waals surface area contributed by atoms with Crippen molar-refractivity contribution in [1.82, 2.24) is 19.9 Å². The fourth-order valence-corrected chi connectivity index (χ4v) is 3.19. The molecule has 0 spiro atoms. The second-order valence-corrected chi connectivity index (χ2v) is 6.80. The molecule has 4 rings (SSSR count). The molecular formula is C18H17F3N6O3. The van der Waals surface area contributed by atoms with Crippen molar-refractivity contribution < 1.29 is 22.4 Å². The molecule has 158 valence electrons. The molecule has 4 heterocycles. The normalized spacial score (nSPS) is 15.5. The van der Waals surface area contributed by atoms with Crippen LogP contribution in [0.1, 0.15) is 5.56 Å². The highest BCUT2D eigenvalue weighted by Gasteiger charge is 2.31. The van der Waals surface area contributed by atoms with Gasteiger partial charge in [0.15, 0.2) is 11.2 Å². The number of anilines is 2. The fraction of sp³-hybridized carbons (Fsp3) is 0.333. The molecule has 1 aliphatic rings. The fourth-order valence-electron chi connectivity index (χ4n) is 3.19. The number of hydrogen-bond acceptors (Lipinski definition) is 7. The van der Waals surface area contributed by atoms with E-state index >= 15 is 0 Å². The number of fused-ring (bicyclic) bond motifs is 1. The Hall–Kier alpha value is -3.41. The maximum Gasteiger partial charge on any atom is 0.418 e. The van der Waals surface area contributed by atoms with Crippen LogP contribution in [0.25, 0.3) is 11.2 Å². The third-order valence-electron chi connectivity index (χ3n) is 4.70. The van der Waals surface area contributed by atoms with Crippen LogP contribution in [0.5, 0.6) is 0 Å². The van der Waals surface area contributed by atoms with Gasteiger partial charge in [0, 0.05) is 38.4 Å². The van der Waals surface area contributed by atoms with E-state index in [-0.39, 0.29) is 18.0 Å². The molecule has 3 aromatic heterocycles. The molecule has 30 heavy (non-hydrogen) atoms. The minimum Gasteiger partial charge on any atom is -0.406 e. The number of amides is 1. The number of rotatable bonds is 4. The van der Waals surface area contributed by atoms with Gasteiger partial charge in [-0.2, -0.15) is 13.2 Å². The van der Waals surface area contributed by atoms with Gasteiger partial charge in [0.05, 0.1) is 24.0 Å². The predicted octanol–water partition coefficient (Wildman–Crippen LogP) is 1.69. The lowest BCUT2D eigenvalue weighted by atomic mass is 10.2. The minimum absolute atomic E-state index is 0.142. The number of nitrogens with zero attached hydrogens (tertiary/aromatic N) is 4. The van der Waals surface area contributed by atoms with Crippen LogP contribution in [0.4, 0.5) is 24.7 Å².